The van der Waals surface area contributed by atoms with E-state index in [1.165, 1.54) is 49.7 Å². The lowest BCUT2D eigenvalue weighted by Gasteiger charge is -2.71. The highest BCUT2D eigenvalue weighted by Crippen LogP contribution is 2.77. The van der Waals surface area contributed by atoms with E-state index in [9.17, 15) is 9.59 Å². The zero-order valence-corrected chi connectivity index (χ0v) is 33.0. The molecule has 5 nitrogen and oxygen atoms in total. The molecule has 49 heavy (non-hydrogen) atoms. The number of carbonyl (C=O) groups excluding carboxylic acids is 2. The van der Waals surface area contributed by atoms with Crippen molar-refractivity contribution in [2.45, 2.75) is 132 Å². The van der Waals surface area contributed by atoms with Crippen molar-refractivity contribution in [1.82, 2.24) is 10.2 Å². The van der Waals surface area contributed by atoms with Gasteiger partial charge in [0, 0.05) is 24.9 Å². The number of likely N-dealkylation sites (N-methyl/N-ethyl adjacent to an activating group) is 1. The van der Waals surface area contributed by atoms with E-state index in [0.29, 0.717) is 36.1 Å². The van der Waals surface area contributed by atoms with E-state index in [1.807, 2.05) is 6.92 Å². The lowest BCUT2D eigenvalue weighted by atomic mass is 9.33. The predicted molar refractivity (Wildman–Crippen MR) is 201 cm³/mol. The normalized spacial score (nSPS) is 40.0. The van der Waals surface area contributed by atoms with Gasteiger partial charge in [-0.2, -0.15) is 0 Å². The van der Waals surface area contributed by atoms with Crippen molar-refractivity contribution in [3.8, 4) is 0 Å². The molecule has 274 valence electrons. The first-order valence-electron chi connectivity index (χ1n) is 20.3. The molecule has 0 bridgehead atoms. The maximum absolute atomic E-state index is 13.9. The van der Waals surface area contributed by atoms with E-state index in [4.69, 9.17) is 4.74 Å². The Balaban J connectivity index is 1.28. The van der Waals surface area contributed by atoms with Crippen molar-refractivity contribution in [2.24, 2.45) is 56.7 Å². The third kappa shape index (κ3) is 5.87. The molecule has 0 saturated heterocycles. The number of Topliss-reactive ketones (excluding diaryl/α,β-unsaturated/α-hetero) is 1. The maximum Gasteiger partial charge on any atom is 0.309 e. The molecular weight excluding hydrogens is 604 g/mol. The van der Waals surface area contributed by atoms with Crippen molar-refractivity contribution in [3.05, 3.63) is 34.4 Å². The van der Waals surface area contributed by atoms with Crippen LogP contribution in [-0.2, 0) is 14.3 Å². The zero-order chi connectivity index (χ0) is 35.6. The summed E-state index contributed by atoms with van der Waals surface area (Å²) in [6.07, 6.45) is 18.3. The van der Waals surface area contributed by atoms with Crippen LogP contribution in [-0.4, -0.2) is 57.0 Å². The van der Waals surface area contributed by atoms with Crippen LogP contribution in [0, 0.1) is 56.7 Å². The van der Waals surface area contributed by atoms with Gasteiger partial charge in [-0.15, -0.1) is 0 Å². The Kier molecular flexibility index (Phi) is 10.1. The second kappa shape index (κ2) is 13.4. The van der Waals surface area contributed by atoms with Crippen molar-refractivity contribution in [3.63, 3.8) is 0 Å². The molecule has 0 aromatic carbocycles. The van der Waals surface area contributed by atoms with E-state index in [0.717, 1.165) is 58.2 Å². The minimum atomic E-state index is -0.0206. The van der Waals surface area contributed by atoms with Gasteiger partial charge in [0.25, 0.3) is 0 Å². The molecule has 8 atom stereocenters. The number of hydrogen-bond donors (Lipinski definition) is 1. The molecule has 5 heteroatoms. The minimum absolute atomic E-state index is 0.0163. The van der Waals surface area contributed by atoms with E-state index < -0.39 is 0 Å². The Morgan fingerprint density at radius 2 is 1.71 bits per heavy atom. The van der Waals surface area contributed by atoms with Gasteiger partial charge in [0.1, 0.15) is 0 Å². The summed E-state index contributed by atoms with van der Waals surface area (Å²) in [4.78, 5) is 28.7. The number of ether oxygens (including phenoxy) is 1. The highest BCUT2D eigenvalue weighted by atomic mass is 16.5. The molecule has 0 radical (unpaired) electrons. The van der Waals surface area contributed by atoms with E-state index >= 15 is 0 Å². The summed E-state index contributed by atoms with van der Waals surface area (Å²) in [5.74, 6) is 2.62. The van der Waals surface area contributed by atoms with E-state index in [-0.39, 0.29) is 39.0 Å². The quantitative estimate of drug-likeness (QED) is 0.185. The number of carbonyl (C=O) groups is 2. The van der Waals surface area contributed by atoms with Gasteiger partial charge in [-0.05, 0) is 160 Å². The lowest BCUT2D eigenvalue weighted by molar-refractivity contribution is -0.198. The first-order valence-corrected chi connectivity index (χ1v) is 20.3. The smallest absolute Gasteiger partial charge is 0.309 e. The van der Waals surface area contributed by atoms with Crippen LogP contribution in [0.4, 0.5) is 0 Å². The van der Waals surface area contributed by atoms with Gasteiger partial charge in [-0.25, -0.2) is 0 Å². The van der Waals surface area contributed by atoms with Crippen LogP contribution >= 0.6 is 0 Å². The van der Waals surface area contributed by atoms with Crippen LogP contribution in [0.2, 0.25) is 0 Å². The number of fused-ring (bicyclic) bond motifs is 7. The van der Waals surface area contributed by atoms with Crippen molar-refractivity contribution >= 4 is 11.8 Å². The molecule has 0 aliphatic heterocycles. The highest BCUT2D eigenvalue weighted by Gasteiger charge is 2.69. The molecule has 3 fully saturated rings. The monoisotopic (exact) mass is 675 g/mol. The second-order valence-corrected chi connectivity index (χ2v) is 19.3. The van der Waals surface area contributed by atoms with Crippen molar-refractivity contribution < 1.29 is 14.3 Å². The fourth-order valence-corrected chi connectivity index (χ4v) is 13.5. The van der Waals surface area contributed by atoms with E-state index in [2.05, 4.69) is 84.9 Å². The number of nitrogens with zero attached hydrogens (tertiary/aromatic N) is 1. The van der Waals surface area contributed by atoms with Crippen molar-refractivity contribution in [1.29, 1.82) is 0 Å². The van der Waals surface area contributed by atoms with Gasteiger partial charge in [0.05, 0.1) is 12.5 Å². The predicted octanol–water partition coefficient (Wildman–Crippen LogP) is 9.33. The van der Waals surface area contributed by atoms with Gasteiger partial charge in [-0.1, -0.05) is 66.2 Å². The summed E-state index contributed by atoms with van der Waals surface area (Å²) in [7, 11) is 4.28. The molecule has 6 aliphatic carbocycles. The molecule has 0 amide bonds. The summed E-state index contributed by atoms with van der Waals surface area (Å²) < 4.78 is 5.37. The number of ketones is 1. The Bertz CT molecular complexity index is 1400. The van der Waals surface area contributed by atoms with Crippen LogP contribution in [0.15, 0.2) is 34.4 Å². The van der Waals surface area contributed by atoms with Gasteiger partial charge >= 0.3 is 5.97 Å². The standard InChI is InChI=1S/C44H70N2O3/c1-11-49-39(48)31-14-12-30(13-15-31)32-18-20-41(6)35(40(32,4)5)19-21-43(8)36(41)17-16-33-38-37(29(2)3)34(47)28-44(38,23-22-42(33,43)7)24-25-45-26-27-46(9)10/h12,18,29,31,33,35-36,45H,11,13-17,19-28H2,1-10H3/t31?,33-,35+,36-,41+,42-,43-,44-/m1/s1. The van der Waals surface area contributed by atoms with Gasteiger partial charge in [-0.3, -0.25) is 9.59 Å². The molecular formula is C44H70N2O3. The molecule has 0 spiro atoms. The average Bonchev–Trinajstić information content (AvgIpc) is 3.33. The Morgan fingerprint density at radius 3 is 2.37 bits per heavy atom. The Hall–Kier alpha value is -1.72. The molecule has 1 N–H and O–H groups in total. The average molecular weight is 675 g/mol. The van der Waals surface area contributed by atoms with Gasteiger partial charge in [0.15, 0.2) is 5.78 Å². The van der Waals surface area contributed by atoms with Crippen LogP contribution in [0.5, 0.6) is 0 Å². The molecule has 0 aromatic rings. The van der Waals surface area contributed by atoms with E-state index in [1.54, 1.807) is 11.1 Å². The topological polar surface area (TPSA) is 58.6 Å². The highest BCUT2D eigenvalue weighted by molar-refractivity contribution is 6.00. The number of nitrogens with one attached hydrogen (secondary N) is 1. The maximum atomic E-state index is 13.9. The van der Waals surface area contributed by atoms with Gasteiger partial charge in [0.2, 0.25) is 0 Å². The van der Waals surface area contributed by atoms with Crippen molar-refractivity contribution in [2.75, 3.05) is 40.3 Å². The third-order valence-electron chi connectivity index (χ3n) is 16.0. The third-order valence-corrected chi connectivity index (χ3v) is 16.0. The summed E-state index contributed by atoms with van der Waals surface area (Å²) in [6.45, 7) is 23.1. The van der Waals surface area contributed by atoms with Crippen LogP contribution in [0.25, 0.3) is 0 Å². The summed E-state index contributed by atoms with van der Waals surface area (Å²) in [6, 6.07) is 0. The second-order valence-electron chi connectivity index (χ2n) is 19.3. The molecule has 3 saturated carbocycles. The lowest BCUT2D eigenvalue weighted by Crippen LogP contribution is -2.64. The summed E-state index contributed by atoms with van der Waals surface area (Å²) >= 11 is 0. The Morgan fingerprint density at radius 1 is 0.959 bits per heavy atom. The minimum Gasteiger partial charge on any atom is -0.466 e. The van der Waals surface area contributed by atoms with Crippen LogP contribution < -0.4 is 5.32 Å². The molecule has 1 unspecified atom stereocenters. The summed E-state index contributed by atoms with van der Waals surface area (Å²) in [5, 5.41) is 3.74. The first kappa shape index (κ1) is 37.1. The number of allylic oxidation sites excluding steroid dienone is 6. The fourth-order valence-electron chi connectivity index (χ4n) is 13.5. The fraction of sp³-hybridized carbons (Fsp3) is 0.818. The van der Waals surface area contributed by atoms with Gasteiger partial charge < -0.3 is 15.0 Å². The summed E-state index contributed by atoms with van der Waals surface area (Å²) in [5.41, 5.74) is 6.82. The number of rotatable bonds is 10. The number of hydrogen-bond acceptors (Lipinski definition) is 5. The molecule has 0 aromatic heterocycles. The van der Waals surface area contributed by atoms with Crippen LogP contribution in [0.3, 0.4) is 0 Å². The number of esters is 1. The molecule has 6 rings (SSSR count). The SMILES string of the molecule is CCOC(=O)C1CC=C(C2=CC[C@]3(C)[C@H]4CC[C@@H]5C6=C(C(C)C)C(=O)C[C@]6(CCNCCN(C)C)CC[C@@]5(C)[C@]4(C)CC[C@H]3C2(C)C)CC1. The van der Waals surface area contributed by atoms with Crippen LogP contribution in [0.1, 0.15) is 132 Å². The Labute approximate surface area is 299 Å². The molecule has 0 heterocycles. The largest absolute Gasteiger partial charge is 0.466 e. The zero-order valence-electron chi connectivity index (χ0n) is 33.0. The first-order chi connectivity index (χ1) is 23.1. The molecule has 6 aliphatic rings.